The molecule has 0 bridgehead atoms. The Bertz CT molecular complexity index is 394. The number of benzene rings is 1. The SMILES string of the molecule is CCN1C(=O)[C@@H](N)[C@@H]1c1ccccc1Cl. The van der Waals surface area contributed by atoms with Gasteiger partial charge in [-0.25, -0.2) is 0 Å². The van der Waals surface area contributed by atoms with Crippen molar-refractivity contribution < 1.29 is 4.79 Å². The van der Waals surface area contributed by atoms with Gasteiger partial charge in [-0.3, -0.25) is 4.79 Å². The van der Waals surface area contributed by atoms with Crippen LogP contribution >= 0.6 is 11.6 Å². The summed E-state index contributed by atoms with van der Waals surface area (Å²) in [6.07, 6.45) is 0. The van der Waals surface area contributed by atoms with Crippen LogP contribution < -0.4 is 5.73 Å². The van der Waals surface area contributed by atoms with Crippen molar-refractivity contribution >= 4 is 17.5 Å². The third-order valence-corrected chi connectivity index (χ3v) is 3.15. The molecule has 0 radical (unpaired) electrons. The second-order valence-corrected chi connectivity index (χ2v) is 4.02. The summed E-state index contributed by atoms with van der Waals surface area (Å²) >= 11 is 6.07. The van der Waals surface area contributed by atoms with Crippen LogP contribution in [-0.4, -0.2) is 23.4 Å². The van der Waals surface area contributed by atoms with Crippen LogP contribution in [0.15, 0.2) is 24.3 Å². The highest BCUT2D eigenvalue weighted by molar-refractivity contribution is 6.31. The minimum Gasteiger partial charge on any atom is -0.332 e. The van der Waals surface area contributed by atoms with Gasteiger partial charge in [0, 0.05) is 11.6 Å². The second-order valence-electron chi connectivity index (χ2n) is 3.62. The maximum Gasteiger partial charge on any atom is 0.242 e. The number of amides is 1. The van der Waals surface area contributed by atoms with Crippen LogP contribution in [0, 0.1) is 0 Å². The summed E-state index contributed by atoms with van der Waals surface area (Å²) in [5, 5.41) is 0.670. The van der Waals surface area contributed by atoms with Crippen molar-refractivity contribution in [2.75, 3.05) is 6.54 Å². The van der Waals surface area contributed by atoms with E-state index in [2.05, 4.69) is 0 Å². The zero-order valence-electron chi connectivity index (χ0n) is 8.48. The number of hydrogen-bond donors (Lipinski definition) is 1. The fraction of sp³-hybridized carbons (Fsp3) is 0.364. The molecule has 2 atom stereocenters. The van der Waals surface area contributed by atoms with Gasteiger partial charge < -0.3 is 10.6 Å². The molecule has 0 spiro atoms. The number of likely N-dealkylation sites (tertiary alicyclic amines) is 1. The van der Waals surface area contributed by atoms with E-state index in [-0.39, 0.29) is 11.9 Å². The molecule has 1 aliphatic heterocycles. The first-order chi connectivity index (χ1) is 7.16. The Morgan fingerprint density at radius 1 is 1.47 bits per heavy atom. The monoisotopic (exact) mass is 224 g/mol. The third-order valence-electron chi connectivity index (χ3n) is 2.81. The lowest BCUT2D eigenvalue weighted by molar-refractivity contribution is -0.149. The van der Waals surface area contributed by atoms with E-state index in [4.69, 9.17) is 17.3 Å². The predicted octanol–water partition coefficient (Wildman–Crippen LogP) is 1.57. The summed E-state index contributed by atoms with van der Waals surface area (Å²) < 4.78 is 0. The molecule has 80 valence electrons. The molecule has 1 amide bonds. The van der Waals surface area contributed by atoms with Crippen molar-refractivity contribution in [3.63, 3.8) is 0 Å². The van der Waals surface area contributed by atoms with E-state index < -0.39 is 6.04 Å². The van der Waals surface area contributed by atoms with Crippen molar-refractivity contribution in [1.82, 2.24) is 4.90 Å². The normalized spacial score (nSPS) is 25.3. The van der Waals surface area contributed by atoms with Gasteiger partial charge in [0.05, 0.1) is 6.04 Å². The van der Waals surface area contributed by atoms with Crippen LogP contribution in [0.25, 0.3) is 0 Å². The van der Waals surface area contributed by atoms with Crippen molar-refractivity contribution in [1.29, 1.82) is 0 Å². The fourth-order valence-electron chi connectivity index (χ4n) is 2.00. The van der Waals surface area contributed by atoms with Gasteiger partial charge in [0.2, 0.25) is 5.91 Å². The molecular weight excluding hydrogens is 212 g/mol. The number of carbonyl (C=O) groups excluding carboxylic acids is 1. The molecule has 1 aliphatic rings. The maximum absolute atomic E-state index is 11.4. The first-order valence-electron chi connectivity index (χ1n) is 4.97. The van der Waals surface area contributed by atoms with Crippen molar-refractivity contribution in [3.05, 3.63) is 34.9 Å². The molecule has 2 rings (SSSR count). The number of rotatable bonds is 2. The smallest absolute Gasteiger partial charge is 0.242 e. The molecule has 0 saturated carbocycles. The molecule has 2 N–H and O–H groups in total. The summed E-state index contributed by atoms with van der Waals surface area (Å²) in [7, 11) is 0. The standard InChI is InChI=1S/C11H13ClN2O/c1-2-14-10(9(13)11(14)15)7-5-3-4-6-8(7)12/h3-6,9-10H,2,13H2,1H3/t9-,10-/m0/s1. The summed E-state index contributed by atoms with van der Waals surface area (Å²) in [5.41, 5.74) is 6.72. The average molecular weight is 225 g/mol. The van der Waals surface area contributed by atoms with E-state index in [1.165, 1.54) is 0 Å². The van der Waals surface area contributed by atoms with Gasteiger partial charge >= 0.3 is 0 Å². The van der Waals surface area contributed by atoms with E-state index in [1.807, 2.05) is 31.2 Å². The van der Waals surface area contributed by atoms with Gasteiger partial charge in [-0.15, -0.1) is 0 Å². The lowest BCUT2D eigenvalue weighted by atomic mass is 9.89. The van der Waals surface area contributed by atoms with Gasteiger partial charge in [0.15, 0.2) is 0 Å². The van der Waals surface area contributed by atoms with Gasteiger partial charge in [0.25, 0.3) is 0 Å². The number of nitrogens with two attached hydrogens (primary N) is 1. The summed E-state index contributed by atoms with van der Waals surface area (Å²) in [4.78, 5) is 13.2. The molecule has 1 heterocycles. The Morgan fingerprint density at radius 3 is 2.73 bits per heavy atom. The average Bonchev–Trinajstić information content (AvgIpc) is 2.26. The number of carbonyl (C=O) groups is 1. The largest absolute Gasteiger partial charge is 0.332 e. The highest BCUT2D eigenvalue weighted by Gasteiger charge is 2.45. The van der Waals surface area contributed by atoms with E-state index in [9.17, 15) is 4.79 Å². The Morgan fingerprint density at radius 2 is 2.13 bits per heavy atom. The van der Waals surface area contributed by atoms with E-state index in [1.54, 1.807) is 4.90 Å². The zero-order chi connectivity index (χ0) is 11.0. The highest BCUT2D eigenvalue weighted by atomic mass is 35.5. The van der Waals surface area contributed by atoms with Crippen molar-refractivity contribution in [2.45, 2.75) is 19.0 Å². The van der Waals surface area contributed by atoms with Crippen LogP contribution in [0.2, 0.25) is 5.02 Å². The van der Waals surface area contributed by atoms with Gasteiger partial charge in [-0.1, -0.05) is 29.8 Å². The van der Waals surface area contributed by atoms with E-state index in [0.717, 1.165) is 5.56 Å². The fourth-order valence-corrected chi connectivity index (χ4v) is 2.25. The van der Waals surface area contributed by atoms with E-state index in [0.29, 0.717) is 11.6 Å². The minimum atomic E-state index is -0.440. The van der Waals surface area contributed by atoms with Crippen LogP contribution in [0.5, 0.6) is 0 Å². The lowest BCUT2D eigenvalue weighted by Gasteiger charge is -2.45. The Kier molecular flexibility index (Phi) is 2.67. The number of nitrogens with zero attached hydrogens (tertiary/aromatic N) is 1. The predicted molar refractivity (Wildman–Crippen MR) is 59.6 cm³/mol. The summed E-state index contributed by atoms with van der Waals surface area (Å²) in [6.45, 7) is 2.61. The molecule has 1 saturated heterocycles. The van der Waals surface area contributed by atoms with Crippen LogP contribution in [0.3, 0.4) is 0 Å². The molecule has 1 aromatic rings. The van der Waals surface area contributed by atoms with Crippen LogP contribution in [0.4, 0.5) is 0 Å². The Balaban J connectivity index is 2.32. The quantitative estimate of drug-likeness (QED) is 0.776. The summed E-state index contributed by atoms with van der Waals surface area (Å²) in [5.74, 6) is 0.00224. The number of halogens is 1. The molecule has 15 heavy (non-hydrogen) atoms. The Hall–Kier alpha value is -1.06. The van der Waals surface area contributed by atoms with Crippen LogP contribution in [-0.2, 0) is 4.79 Å². The lowest BCUT2D eigenvalue weighted by Crippen LogP contribution is -2.62. The molecule has 4 heteroatoms. The first kappa shape index (κ1) is 10.5. The Labute approximate surface area is 93.8 Å². The molecule has 0 aliphatic carbocycles. The van der Waals surface area contributed by atoms with Gasteiger partial charge in [-0.05, 0) is 18.6 Å². The van der Waals surface area contributed by atoms with Gasteiger partial charge in [0.1, 0.15) is 6.04 Å². The molecule has 1 aromatic carbocycles. The molecule has 0 unspecified atom stereocenters. The number of likely N-dealkylation sites (N-methyl/N-ethyl adjacent to an activating group) is 1. The molecule has 0 aromatic heterocycles. The number of β-lactam (4-membered cyclic amide) rings is 1. The summed E-state index contributed by atoms with van der Waals surface area (Å²) in [6, 6.07) is 7.02. The van der Waals surface area contributed by atoms with Crippen molar-refractivity contribution in [2.24, 2.45) is 5.73 Å². The van der Waals surface area contributed by atoms with Gasteiger partial charge in [-0.2, -0.15) is 0 Å². The van der Waals surface area contributed by atoms with E-state index >= 15 is 0 Å². The molecule has 1 fully saturated rings. The highest BCUT2D eigenvalue weighted by Crippen LogP contribution is 2.36. The van der Waals surface area contributed by atoms with Crippen LogP contribution in [0.1, 0.15) is 18.5 Å². The van der Waals surface area contributed by atoms with Crippen molar-refractivity contribution in [3.8, 4) is 0 Å². The topological polar surface area (TPSA) is 46.3 Å². The number of hydrogen-bond acceptors (Lipinski definition) is 2. The second kappa shape index (κ2) is 3.83. The molecular formula is C11H13ClN2O. The first-order valence-corrected chi connectivity index (χ1v) is 5.35. The zero-order valence-corrected chi connectivity index (χ0v) is 9.24. The minimum absolute atomic E-state index is 0.00224. The third kappa shape index (κ3) is 1.52. The molecule has 3 nitrogen and oxygen atoms in total. The maximum atomic E-state index is 11.4.